The molecule has 1 saturated heterocycles. The van der Waals surface area contributed by atoms with E-state index in [-0.39, 0.29) is 11.6 Å². The highest BCUT2D eigenvalue weighted by Gasteiger charge is 2.34. The normalized spacial score (nSPS) is 16.6. The number of para-hydroxylation sites is 1. The topological polar surface area (TPSA) is 102 Å². The SMILES string of the molecule is Cc1nn(-c2ccccc2)c(C)c1C1COCCN1C(=O)c1c[nH]c(=O)n(C)c1=O. The van der Waals surface area contributed by atoms with E-state index in [0.29, 0.717) is 19.8 Å². The molecule has 0 aliphatic carbocycles. The number of amides is 1. The lowest BCUT2D eigenvalue weighted by Crippen LogP contribution is -2.47. The van der Waals surface area contributed by atoms with Crippen LogP contribution in [-0.2, 0) is 11.8 Å². The van der Waals surface area contributed by atoms with Crippen molar-refractivity contribution in [2.24, 2.45) is 7.05 Å². The van der Waals surface area contributed by atoms with Crippen LogP contribution in [0.5, 0.6) is 0 Å². The molecule has 1 unspecified atom stereocenters. The first-order chi connectivity index (χ1) is 14.4. The minimum absolute atomic E-state index is 0.0743. The summed E-state index contributed by atoms with van der Waals surface area (Å²) in [6.45, 7) is 4.87. The molecule has 1 atom stereocenters. The van der Waals surface area contributed by atoms with Crippen LogP contribution in [-0.4, -0.2) is 49.9 Å². The van der Waals surface area contributed by atoms with E-state index >= 15 is 0 Å². The minimum atomic E-state index is -0.623. The first-order valence-electron chi connectivity index (χ1n) is 9.69. The van der Waals surface area contributed by atoms with Crippen LogP contribution in [0.4, 0.5) is 0 Å². The summed E-state index contributed by atoms with van der Waals surface area (Å²) in [7, 11) is 1.34. The van der Waals surface area contributed by atoms with Crippen molar-refractivity contribution in [1.29, 1.82) is 0 Å². The van der Waals surface area contributed by atoms with Gasteiger partial charge < -0.3 is 14.6 Å². The van der Waals surface area contributed by atoms with Gasteiger partial charge in [0.2, 0.25) is 0 Å². The number of ether oxygens (including phenoxy) is 1. The van der Waals surface area contributed by atoms with Gasteiger partial charge >= 0.3 is 5.69 Å². The number of hydrogen-bond acceptors (Lipinski definition) is 5. The van der Waals surface area contributed by atoms with Gasteiger partial charge in [0, 0.05) is 31.0 Å². The van der Waals surface area contributed by atoms with Crippen LogP contribution < -0.4 is 11.2 Å². The number of carbonyl (C=O) groups excluding carboxylic acids is 1. The highest BCUT2D eigenvalue weighted by molar-refractivity contribution is 5.94. The number of aromatic nitrogens is 4. The Labute approximate surface area is 172 Å². The maximum absolute atomic E-state index is 13.3. The number of nitrogens with one attached hydrogen (secondary N) is 1. The van der Waals surface area contributed by atoms with E-state index in [1.54, 1.807) is 4.90 Å². The fourth-order valence-electron chi connectivity index (χ4n) is 3.92. The van der Waals surface area contributed by atoms with Crippen LogP contribution in [0.15, 0.2) is 46.1 Å². The highest BCUT2D eigenvalue weighted by atomic mass is 16.5. The van der Waals surface area contributed by atoms with Gasteiger partial charge in [-0.2, -0.15) is 5.10 Å². The largest absolute Gasteiger partial charge is 0.377 e. The number of benzene rings is 1. The molecule has 1 aliphatic heterocycles. The fraction of sp³-hybridized carbons (Fsp3) is 0.333. The van der Waals surface area contributed by atoms with Crippen molar-refractivity contribution in [3.8, 4) is 5.69 Å². The average Bonchev–Trinajstić information content (AvgIpc) is 3.06. The Bertz CT molecular complexity index is 1210. The molecule has 156 valence electrons. The minimum Gasteiger partial charge on any atom is -0.377 e. The molecule has 1 N–H and O–H groups in total. The van der Waals surface area contributed by atoms with Crippen molar-refractivity contribution in [2.45, 2.75) is 19.9 Å². The van der Waals surface area contributed by atoms with E-state index in [1.807, 2.05) is 48.9 Å². The summed E-state index contributed by atoms with van der Waals surface area (Å²) in [6, 6.07) is 9.37. The maximum Gasteiger partial charge on any atom is 0.328 e. The van der Waals surface area contributed by atoms with Crippen LogP contribution >= 0.6 is 0 Å². The number of H-pyrrole nitrogens is 1. The smallest absolute Gasteiger partial charge is 0.328 e. The molecule has 9 heteroatoms. The van der Waals surface area contributed by atoms with Gasteiger partial charge in [0.25, 0.3) is 11.5 Å². The summed E-state index contributed by atoms with van der Waals surface area (Å²) in [5, 5.41) is 4.68. The second-order valence-corrected chi connectivity index (χ2v) is 7.29. The van der Waals surface area contributed by atoms with Gasteiger partial charge in [0.15, 0.2) is 0 Å². The molecule has 3 aromatic rings. The Morgan fingerprint density at radius 1 is 1.20 bits per heavy atom. The molecule has 4 rings (SSSR count). The van der Waals surface area contributed by atoms with Crippen LogP contribution in [0.1, 0.15) is 33.4 Å². The lowest BCUT2D eigenvalue weighted by molar-refractivity contribution is -0.00319. The number of hydrogen-bond donors (Lipinski definition) is 1. The zero-order valence-electron chi connectivity index (χ0n) is 17.1. The Morgan fingerprint density at radius 3 is 2.67 bits per heavy atom. The number of aryl methyl sites for hydroxylation is 1. The quantitative estimate of drug-likeness (QED) is 0.698. The second-order valence-electron chi connectivity index (χ2n) is 7.29. The molecule has 0 saturated carbocycles. The van der Waals surface area contributed by atoms with E-state index in [2.05, 4.69) is 10.1 Å². The monoisotopic (exact) mass is 409 g/mol. The summed E-state index contributed by atoms with van der Waals surface area (Å²) in [4.78, 5) is 41.5. The molecule has 1 aliphatic rings. The molecule has 2 aromatic heterocycles. The fourth-order valence-corrected chi connectivity index (χ4v) is 3.92. The summed E-state index contributed by atoms with van der Waals surface area (Å²) in [5.74, 6) is -0.439. The van der Waals surface area contributed by atoms with E-state index in [9.17, 15) is 14.4 Å². The van der Waals surface area contributed by atoms with E-state index in [1.165, 1.54) is 13.2 Å². The van der Waals surface area contributed by atoms with Crippen LogP contribution in [0.3, 0.4) is 0 Å². The maximum atomic E-state index is 13.3. The summed E-state index contributed by atoms with van der Waals surface area (Å²) in [6.07, 6.45) is 1.19. The van der Waals surface area contributed by atoms with Gasteiger partial charge in [-0.05, 0) is 26.0 Å². The third kappa shape index (κ3) is 3.26. The Hall–Kier alpha value is -3.46. The van der Waals surface area contributed by atoms with Crippen molar-refractivity contribution in [3.63, 3.8) is 0 Å². The predicted octanol–water partition coefficient (Wildman–Crippen LogP) is 1.09. The van der Waals surface area contributed by atoms with Gasteiger partial charge in [-0.25, -0.2) is 9.48 Å². The Morgan fingerprint density at radius 2 is 1.93 bits per heavy atom. The van der Waals surface area contributed by atoms with E-state index < -0.39 is 17.2 Å². The number of morpholine rings is 1. The van der Waals surface area contributed by atoms with Gasteiger partial charge in [-0.15, -0.1) is 0 Å². The summed E-state index contributed by atoms with van der Waals surface area (Å²) in [5.41, 5.74) is 2.25. The van der Waals surface area contributed by atoms with Crippen LogP contribution in [0, 0.1) is 13.8 Å². The molecule has 0 bridgehead atoms. The number of carbonyl (C=O) groups is 1. The molecular formula is C21H23N5O4. The summed E-state index contributed by atoms with van der Waals surface area (Å²) < 4.78 is 8.42. The lowest BCUT2D eigenvalue weighted by atomic mass is 10.0. The van der Waals surface area contributed by atoms with Crippen molar-refractivity contribution < 1.29 is 9.53 Å². The lowest BCUT2D eigenvalue weighted by Gasteiger charge is -2.36. The first-order valence-corrected chi connectivity index (χ1v) is 9.69. The average molecular weight is 409 g/mol. The Balaban J connectivity index is 1.76. The van der Waals surface area contributed by atoms with Gasteiger partial charge in [-0.3, -0.25) is 14.2 Å². The molecular weight excluding hydrogens is 386 g/mol. The first kappa shape index (κ1) is 19.8. The highest BCUT2D eigenvalue weighted by Crippen LogP contribution is 2.31. The molecule has 9 nitrogen and oxygen atoms in total. The second kappa shape index (κ2) is 7.75. The van der Waals surface area contributed by atoms with Gasteiger partial charge in [0.05, 0.1) is 30.6 Å². The molecule has 1 fully saturated rings. The van der Waals surface area contributed by atoms with E-state index in [4.69, 9.17) is 4.74 Å². The van der Waals surface area contributed by atoms with Crippen molar-refractivity contribution in [1.82, 2.24) is 24.2 Å². The van der Waals surface area contributed by atoms with Crippen LogP contribution in [0.2, 0.25) is 0 Å². The zero-order chi connectivity index (χ0) is 21.4. The number of aromatic amines is 1. The number of rotatable bonds is 3. The molecule has 0 radical (unpaired) electrons. The van der Waals surface area contributed by atoms with Crippen molar-refractivity contribution in [2.75, 3.05) is 19.8 Å². The van der Waals surface area contributed by atoms with Crippen molar-refractivity contribution in [3.05, 3.63) is 79.9 Å². The molecule has 1 aromatic carbocycles. The standard InChI is InChI=1S/C21H23N5O4/c1-13-18(14(2)26(23-13)15-7-5-4-6-8-15)17-12-30-10-9-25(17)20(28)16-11-22-21(29)24(3)19(16)27/h4-8,11,17H,9-10,12H2,1-3H3,(H,22,29). The van der Waals surface area contributed by atoms with Gasteiger partial charge in [0.1, 0.15) is 5.56 Å². The molecule has 30 heavy (non-hydrogen) atoms. The third-order valence-corrected chi connectivity index (χ3v) is 5.48. The molecule has 0 spiro atoms. The number of nitrogens with zero attached hydrogens (tertiary/aromatic N) is 4. The van der Waals surface area contributed by atoms with Crippen molar-refractivity contribution >= 4 is 5.91 Å². The molecule has 1 amide bonds. The third-order valence-electron chi connectivity index (χ3n) is 5.48. The summed E-state index contributed by atoms with van der Waals surface area (Å²) >= 11 is 0. The Kier molecular flexibility index (Phi) is 5.13. The zero-order valence-corrected chi connectivity index (χ0v) is 17.1. The van der Waals surface area contributed by atoms with Gasteiger partial charge in [-0.1, -0.05) is 18.2 Å². The predicted molar refractivity (Wildman–Crippen MR) is 110 cm³/mol. The van der Waals surface area contributed by atoms with E-state index in [0.717, 1.165) is 27.2 Å². The molecule has 3 heterocycles. The van der Waals surface area contributed by atoms with Crippen LogP contribution in [0.25, 0.3) is 5.69 Å².